The molecular weight excluding hydrogens is 312 g/mol. The van der Waals surface area contributed by atoms with E-state index < -0.39 is 0 Å². The maximum atomic E-state index is 9.46. The molecule has 6 heteroatoms. The Morgan fingerprint density at radius 1 is 1.24 bits per heavy atom. The van der Waals surface area contributed by atoms with E-state index >= 15 is 0 Å². The lowest BCUT2D eigenvalue weighted by atomic mass is 9.96. The minimum atomic E-state index is 0.538. The van der Waals surface area contributed by atoms with Crippen molar-refractivity contribution in [2.75, 3.05) is 30.8 Å². The number of aryl methyl sites for hydroxylation is 1. The second-order valence-corrected chi connectivity index (χ2v) is 6.00. The largest absolute Gasteiger partial charge is 0.373 e. The molecule has 0 fully saturated rings. The zero-order chi connectivity index (χ0) is 17.6. The first-order valence-corrected chi connectivity index (χ1v) is 8.44. The summed E-state index contributed by atoms with van der Waals surface area (Å²) in [6.45, 7) is 3.77. The lowest BCUT2D eigenvalue weighted by molar-refractivity contribution is 0.723. The maximum absolute atomic E-state index is 9.46. The van der Waals surface area contributed by atoms with Gasteiger partial charge >= 0.3 is 0 Å². The first-order valence-electron chi connectivity index (χ1n) is 8.44. The summed E-state index contributed by atoms with van der Waals surface area (Å²) in [4.78, 5) is 8.85. The van der Waals surface area contributed by atoms with Crippen LogP contribution in [0.3, 0.4) is 0 Å². The minimum absolute atomic E-state index is 0.538. The van der Waals surface area contributed by atoms with Crippen LogP contribution >= 0.6 is 0 Å². The van der Waals surface area contributed by atoms with E-state index in [0.29, 0.717) is 11.5 Å². The standard InChI is InChI=1S/C19H22N6/c1-13-10-18(21-2)25-19(23-13)24-16-6-5-15(12-20)17(11-16)14-4-3-8-22-9-7-14/h5-7,10-11,22H,3-4,8-9H2,1-2H3,(H2,21,23,24,25). The van der Waals surface area contributed by atoms with Crippen LogP contribution < -0.4 is 16.0 Å². The molecule has 0 aliphatic carbocycles. The van der Waals surface area contributed by atoms with Gasteiger partial charge in [-0.2, -0.15) is 10.2 Å². The number of nitrogens with one attached hydrogen (secondary N) is 3. The molecule has 1 aromatic heterocycles. The van der Waals surface area contributed by atoms with Crippen LogP contribution in [0.1, 0.15) is 29.7 Å². The molecule has 3 rings (SSSR count). The molecule has 0 radical (unpaired) electrons. The smallest absolute Gasteiger partial charge is 0.229 e. The van der Waals surface area contributed by atoms with Crippen LogP contribution in [-0.2, 0) is 0 Å². The third kappa shape index (κ3) is 4.14. The number of nitrogens with zero attached hydrogens (tertiary/aromatic N) is 3. The molecule has 0 saturated heterocycles. The van der Waals surface area contributed by atoms with Crippen molar-refractivity contribution in [3.8, 4) is 6.07 Å². The van der Waals surface area contributed by atoms with Gasteiger partial charge < -0.3 is 16.0 Å². The third-order valence-electron chi connectivity index (χ3n) is 4.14. The zero-order valence-electron chi connectivity index (χ0n) is 14.6. The Morgan fingerprint density at radius 3 is 2.92 bits per heavy atom. The molecule has 1 aliphatic heterocycles. The Kier molecular flexibility index (Phi) is 5.26. The Labute approximate surface area is 148 Å². The molecule has 0 spiro atoms. The first-order chi connectivity index (χ1) is 12.2. The van der Waals surface area contributed by atoms with Crippen molar-refractivity contribution in [3.05, 3.63) is 47.2 Å². The molecule has 128 valence electrons. The summed E-state index contributed by atoms with van der Waals surface area (Å²) in [7, 11) is 1.83. The molecule has 0 saturated carbocycles. The topological polar surface area (TPSA) is 85.7 Å². The van der Waals surface area contributed by atoms with Crippen LogP contribution in [0, 0.1) is 18.3 Å². The lowest BCUT2D eigenvalue weighted by Gasteiger charge is -2.12. The lowest BCUT2D eigenvalue weighted by Crippen LogP contribution is -2.12. The van der Waals surface area contributed by atoms with Crippen molar-refractivity contribution in [2.45, 2.75) is 19.8 Å². The second kappa shape index (κ2) is 7.77. The van der Waals surface area contributed by atoms with Crippen molar-refractivity contribution in [2.24, 2.45) is 0 Å². The molecule has 2 heterocycles. The molecule has 0 atom stereocenters. The number of hydrogen-bond donors (Lipinski definition) is 3. The van der Waals surface area contributed by atoms with E-state index in [0.717, 1.165) is 48.7 Å². The van der Waals surface area contributed by atoms with Crippen LogP contribution in [0.2, 0.25) is 0 Å². The Balaban J connectivity index is 1.93. The summed E-state index contributed by atoms with van der Waals surface area (Å²) in [6, 6.07) is 9.95. The van der Waals surface area contributed by atoms with Gasteiger partial charge in [0.1, 0.15) is 5.82 Å². The molecule has 25 heavy (non-hydrogen) atoms. The highest BCUT2D eigenvalue weighted by atomic mass is 15.1. The predicted molar refractivity (Wildman–Crippen MR) is 101 cm³/mol. The summed E-state index contributed by atoms with van der Waals surface area (Å²) in [5.41, 5.74) is 4.65. The number of rotatable bonds is 4. The predicted octanol–water partition coefficient (Wildman–Crippen LogP) is 3.21. The van der Waals surface area contributed by atoms with Gasteiger partial charge in [-0.15, -0.1) is 0 Å². The number of allylic oxidation sites excluding steroid dienone is 1. The van der Waals surface area contributed by atoms with Gasteiger partial charge in [0.2, 0.25) is 5.95 Å². The fourth-order valence-electron chi connectivity index (χ4n) is 2.91. The fourth-order valence-corrected chi connectivity index (χ4v) is 2.91. The quantitative estimate of drug-likeness (QED) is 0.796. The van der Waals surface area contributed by atoms with Crippen LogP contribution in [0.4, 0.5) is 17.5 Å². The van der Waals surface area contributed by atoms with Crippen molar-refractivity contribution in [1.82, 2.24) is 15.3 Å². The van der Waals surface area contributed by atoms with E-state index in [4.69, 9.17) is 0 Å². The van der Waals surface area contributed by atoms with Crippen molar-refractivity contribution >= 4 is 23.0 Å². The summed E-state index contributed by atoms with van der Waals surface area (Å²) in [6.07, 6.45) is 4.21. The van der Waals surface area contributed by atoms with Crippen LogP contribution in [0.5, 0.6) is 0 Å². The van der Waals surface area contributed by atoms with Crippen molar-refractivity contribution in [3.63, 3.8) is 0 Å². The van der Waals surface area contributed by atoms with Crippen LogP contribution in [-0.4, -0.2) is 30.1 Å². The number of nitriles is 1. The number of aromatic nitrogens is 2. The van der Waals surface area contributed by atoms with Crippen molar-refractivity contribution in [1.29, 1.82) is 5.26 Å². The molecule has 2 aromatic rings. The van der Waals surface area contributed by atoms with Gasteiger partial charge in [0.25, 0.3) is 0 Å². The highest BCUT2D eigenvalue weighted by Crippen LogP contribution is 2.28. The van der Waals surface area contributed by atoms with E-state index in [9.17, 15) is 5.26 Å². The third-order valence-corrected chi connectivity index (χ3v) is 4.14. The summed E-state index contributed by atoms with van der Waals surface area (Å²) in [5.74, 6) is 1.30. The van der Waals surface area contributed by atoms with Gasteiger partial charge in [0.05, 0.1) is 11.6 Å². The summed E-state index contributed by atoms with van der Waals surface area (Å²) < 4.78 is 0. The average Bonchev–Trinajstić information content (AvgIpc) is 2.90. The normalized spacial score (nSPS) is 14.2. The number of anilines is 3. The Morgan fingerprint density at radius 2 is 2.12 bits per heavy atom. The molecular formula is C19H22N6. The highest BCUT2D eigenvalue weighted by molar-refractivity contribution is 5.75. The zero-order valence-corrected chi connectivity index (χ0v) is 14.6. The van der Waals surface area contributed by atoms with E-state index in [-0.39, 0.29) is 0 Å². The van der Waals surface area contributed by atoms with Crippen LogP contribution in [0.25, 0.3) is 5.57 Å². The Hall–Kier alpha value is -2.91. The average molecular weight is 334 g/mol. The molecule has 0 amide bonds. The molecule has 6 nitrogen and oxygen atoms in total. The first kappa shape index (κ1) is 16.9. The van der Waals surface area contributed by atoms with Gasteiger partial charge in [-0.05, 0) is 55.6 Å². The van der Waals surface area contributed by atoms with E-state index in [1.165, 1.54) is 5.57 Å². The number of hydrogen-bond acceptors (Lipinski definition) is 6. The van der Waals surface area contributed by atoms with E-state index in [1.54, 1.807) is 0 Å². The van der Waals surface area contributed by atoms with Gasteiger partial charge in [0.15, 0.2) is 0 Å². The molecule has 1 aromatic carbocycles. The molecule has 3 N–H and O–H groups in total. The molecule has 0 bridgehead atoms. The fraction of sp³-hybridized carbons (Fsp3) is 0.316. The van der Waals surface area contributed by atoms with E-state index in [1.807, 2.05) is 38.2 Å². The summed E-state index contributed by atoms with van der Waals surface area (Å²) >= 11 is 0. The van der Waals surface area contributed by atoms with Gasteiger partial charge in [-0.3, -0.25) is 0 Å². The molecule has 0 unspecified atom stereocenters. The minimum Gasteiger partial charge on any atom is -0.373 e. The molecule has 1 aliphatic rings. The van der Waals surface area contributed by atoms with Gasteiger partial charge in [-0.25, -0.2) is 4.98 Å². The summed E-state index contributed by atoms with van der Waals surface area (Å²) in [5, 5.41) is 19.1. The Bertz CT molecular complexity index is 834. The number of benzene rings is 1. The maximum Gasteiger partial charge on any atom is 0.229 e. The van der Waals surface area contributed by atoms with E-state index in [2.05, 4.69) is 38.1 Å². The highest BCUT2D eigenvalue weighted by Gasteiger charge is 2.11. The second-order valence-electron chi connectivity index (χ2n) is 6.00. The van der Waals surface area contributed by atoms with Crippen LogP contribution in [0.15, 0.2) is 30.3 Å². The monoisotopic (exact) mass is 334 g/mol. The van der Waals surface area contributed by atoms with Crippen molar-refractivity contribution < 1.29 is 0 Å². The SMILES string of the molecule is CNc1cc(C)nc(Nc2ccc(C#N)c(C3=CCNCCC3)c2)n1. The van der Waals surface area contributed by atoms with Gasteiger partial charge in [-0.1, -0.05) is 6.08 Å². The van der Waals surface area contributed by atoms with Gasteiger partial charge in [0, 0.05) is 31.0 Å².